The van der Waals surface area contributed by atoms with Crippen molar-refractivity contribution in [1.29, 1.82) is 0 Å². The lowest BCUT2D eigenvalue weighted by Crippen LogP contribution is -2.17. The Morgan fingerprint density at radius 2 is 1.71 bits per heavy atom. The molecule has 0 radical (unpaired) electrons. The van der Waals surface area contributed by atoms with E-state index < -0.39 is 0 Å². The summed E-state index contributed by atoms with van der Waals surface area (Å²) in [5.41, 5.74) is 3.54. The Hall–Kier alpha value is -2.16. The highest BCUT2D eigenvalue weighted by atomic mass is 19.1. The molecule has 4 rings (SSSR count). The number of aryl methyl sites for hydroxylation is 1. The van der Waals surface area contributed by atoms with Crippen LogP contribution >= 0.6 is 0 Å². The van der Waals surface area contributed by atoms with Crippen molar-refractivity contribution >= 4 is 0 Å². The van der Waals surface area contributed by atoms with Crippen LogP contribution in [-0.4, -0.2) is 6.61 Å². The molecule has 1 unspecified atom stereocenters. The molecule has 2 aliphatic carbocycles. The predicted molar refractivity (Wildman–Crippen MR) is 123 cm³/mol. The van der Waals surface area contributed by atoms with Gasteiger partial charge in [0.1, 0.15) is 17.4 Å². The Labute approximate surface area is 185 Å². The Morgan fingerprint density at radius 1 is 0.968 bits per heavy atom. The second-order valence-corrected chi connectivity index (χ2v) is 9.32. The molecule has 0 saturated heterocycles. The molecule has 2 aliphatic rings. The molecule has 3 heteroatoms. The number of ether oxygens (including phenoxy) is 1. The summed E-state index contributed by atoms with van der Waals surface area (Å²) in [6.07, 6.45) is 10.6. The van der Waals surface area contributed by atoms with E-state index in [1.165, 1.54) is 30.4 Å². The second-order valence-electron chi connectivity index (χ2n) is 9.32. The molecule has 0 N–H and O–H groups in total. The van der Waals surface area contributed by atoms with Gasteiger partial charge in [-0.15, -0.1) is 6.58 Å². The van der Waals surface area contributed by atoms with Crippen molar-refractivity contribution in [2.24, 2.45) is 5.92 Å². The maximum Gasteiger partial charge on any atom is 0.129 e. The lowest BCUT2D eigenvalue weighted by atomic mass is 9.76. The number of fused-ring (bicyclic) bond motifs is 1. The van der Waals surface area contributed by atoms with Gasteiger partial charge >= 0.3 is 0 Å². The predicted octanol–water partition coefficient (Wildman–Crippen LogP) is 7.88. The first-order chi connectivity index (χ1) is 15.1. The van der Waals surface area contributed by atoms with Crippen LogP contribution in [0.15, 0.2) is 43.0 Å². The Balaban J connectivity index is 1.47. The molecule has 0 spiro atoms. The van der Waals surface area contributed by atoms with E-state index in [9.17, 15) is 0 Å². The van der Waals surface area contributed by atoms with Gasteiger partial charge in [0.2, 0.25) is 0 Å². The van der Waals surface area contributed by atoms with Crippen molar-refractivity contribution in [2.75, 3.05) is 6.61 Å². The van der Waals surface area contributed by atoms with Gasteiger partial charge in [-0.3, -0.25) is 0 Å². The molecule has 1 fully saturated rings. The third-order valence-corrected chi connectivity index (χ3v) is 7.40. The molecule has 1 saturated carbocycles. The smallest absolute Gasteiger partial charge is 0.129 e. The number of rotatable bonds is 7. The molecular weight excluding hydrogens is 390 g/mol. The zero-order valence-corrected chi connectivity index (χ0v) is 18.6. The van der Waals surface area contributed by atoms with Crippen molar-refractivity contribution in [3.8, 4) is 5.75 Å². The summed E-state index contributed by atoms with van der Waals surface area (Å²) in [7, 11) is 0. The quantitative estimate of drug-likeness (QED) is 0.324. The van der Waals surface area contributed by atoms with Crippen LogP contribution < -0.4 is 4.74 Å². The van der Waals surface area contributed by atoms with Gasteiger partial charge in [-0.2, -0.15) is 0 Å². The van der Waals surface area contributed by atoms with Crippen LogP contribution in [0.4, 0.5) is 8.78 Å². The molecule has 0 aliphatic heterocycles. The SMILES string of the molecule is C=CCCOc1ccc2c(c1)CCC(c1c(F)cc(C3CCC(CC)CC3)cc1F)C2. The fraction of sp³-hybridized carbons (Fsp3) is 0.500. The first kappa shape index (κ1) is 22.0. The summed E-state index contributed by atoms with van der Waals surface area (Å²) in [5.74, 6) is 1.12. The van der Waals surface area contributed by atoms with Crippen LogP contribution in [-0.2, 0) is 12.8 Å². The minimum absolute atomic E-state index is 0.107. The van der Waals surface area contributed by atoms with Crippen molar-refractivity contribution in [2.45, 2.75) is 76.5 Å². The normalized spacial score (nSPS) is 23.3. The van der Waals surface area contributed by atoms with E-state index in [-0.39, 0.29) is 23.1 Å². The minimum atomic E-state index is -0.356. The van der Waals surface area contributed by atoms with E-state index in [4.69, 9.17) is 4.74 Å². The van der Waals surface area contributed by atoms with E-state index in [0.29, 0.717) is 18.9 Å². The standard InChI is InChI=1S/C28H34F2O/c1-3-5-14-31-25-13-12-21-15-23(11-10-22(21)16-25)28-26(29)17-24(18-27(28)30)20-8-6-19(4-2)7-9-20/h3,12-13,16-20,23H,1,4-11,14-15H2,2H3. The lowest BCUT2D eigenvalue weighted by molar-refractivity contribution is 0.317. The van der Waals surface area contributed by atoms with Crippen LogP contribution in [0.3, 0.4) is 0 Å². The summed E-state index contributed by atoms with van der Waals surface area (Å²) in [6, 6.07) is 9.35. The number of halogens is 2. The van der Waals surface area contributed by atoms with E-state index in [1.54, 1.807) is 12.1 Å². The van der Waals surface area contributed by atoms with Crippen LogP contribution in [0.25, 0.3) is 0 Å². The number of benzene rings is 2. The molecule has 166 valence electrons. The Bertz CT molecular complexity index is 888. The van der Waals surface area contributed by atoms with E-state index >= 15 is 8.78 Å². The molecule has 0 amide bonds. The summed E-state index contributed by atoms with van der Waals surface area (Å²) in [4.78, 5) is 0. The monoisotopic (exact) mass is 424 g/mol. The molecule has 2 aromatic carbocycles. The number of hydrogen-bond donors (Lipinski definition) is 0. The average molecular weight is 425 g/mol. The van der Waals surface area contributed by atoms with Gasteiger partial charge in [0, 0.05) is 5.56 Å². The zero-order chi connectivity index (χ0) is 21.8. The molecule has 0 heterocycles. The highest BCUT2D eigenvalue weighted by molar-refractivity contribution is 5.41. The van der Waals surface area contributed by atoms with Crippen LogP contribution in [0.1, 0.15) is 86.0 Å². The maximum atomic E-state index is 15.1. The second kappa shape index (κ2) is 9.97. The third kappa shape index (κ3) is 5.02. The van der Waals surface area contributed by atoms with E-state index in [0.717, 1.165) is 49.3 Å². The highest BCUT2D eigenvalue weighted by Crippen LogP contribution is 2.40. The molecule has 1 nitrogen and oxygen atoms in total. The average Bonchev–Trinajstić information content (AvgIpc) is 2.79. The fourth-order valence-corrected chi connectivity index (χ4v) is 5.46. The Kier molecular flexibility index (Phi) is 7.09. The lowest BCUT2D eigenvalue weighted by Gasteiger charge is -2.29. The van der Waals surface area contributed by atoms with Gasteiger partial charge < -0.3 is 4.74 Å². The largest absolute Gasteiger partial charge is 0.493 e. The summed E-state index contributed by atoms with van der Waals surface area (Å²) < 4.78 is 36.0. The van der Waals surface area contributed by atoms with Crippen molar-refractivity contribution in [3.05, 3.63) is 76.9 Å². The van der Waals surface area contributed by atoms with E-state index in [1.807, 2.05) is 12.1 Å². The van der Waals surface area contributed by atoms with Crippen LogP contribution in [0.5, 0.6) is 5.75 Å². The van der Waals surface area contributed by atoms with Gasteiger partial charge in [-0.05, 0) is 110 Å². The van der Waals surface area contributed by atoms with Gasteiger partial charge in [0.05, 0.1) is 6.61 Å². The fourth-order valence-electron chi connectivity index (χ4n) is 5.46. The molecular formula is C28H34F2O. The van der Waals surface area contributed by atoms with E-state index in [2.05, 4.69) is 25.6 Å². The number of hydrogen-bond acceptors (Lipinski definition) is 1. The highest BCUT2D eigenvalue weighted by Gasteiger charge is 2.28. The first-order valence-electron chi connectivity index (χ1n) is 11.9. The summed E-state index contributed by atoms with van der Waals surface area (Å²) >= 11 is 0. The van der Waals surface area contributed by atoms with Gasteiger partial charge in [-0.25, -0.2) is 8.78 Å². The molecule has 2 aromatic rings. The first-order valence-corrected chi connectivity index (χ1v) is 11.9. The molecule has 31 heavy (non-hydrogen) atoms. The Morgan fingerprint density at radius 3 is 2.39 bits per heavy atom. The molecule has 0 aromatic heterocycles. The minimum Gasteiger partial charge on any atom is -0.493 e. The van der Waals surface area contributed by atoms with Crippen molar-refractivity contribution in [1.82, 2.24) is 0 Å². The van der Waals surface area contributed by atoms with Gasteiger partial charge in [0.15, 0.2) is 0 Å². The van der Waals surface area contributed by atoms with Crippen LogP contribution in [0, 0.1) is 17.6 Å². The zero-order valence-electron chi connectivity index (χ0n) is 18.6. The van der Waals surface area contributed by atoms with Gasteiger partial charge in [0.25, 0.3) is 0 Å². The third-order valence-electron chi connectivity index (χ3n) is 7.40. The topological polar surface area (TPSA) is 9.23 Å². The van der Waals surface area contributed by atoms with Gasteiger partial charge in [-0.1, -0.05) is 25.5 Å². The van der Waals surface area contributed by atoms with Crippen LogP contribution in [0.2, 0.25) is 0 Å². The molecule has 0 bridgehead atoms. The summed E-state index contributed by atoms with van der Waals surface area (Å²) in [6.45, 7) is 6.56. The molecule has 1 atom stereocenters. The summed E-state index contributed by atoms with van der Waals surface area (Å²) in [5, 5.41) is 0. The van der Waals surface area contributed by atoms with Crippen molar-refractivity contribution in [3.63, 3.8) is 0 Å². The van der Waals surface area contributed by atoms with Crippen molar-refractivity contribution < 1.29 is 13.5 Å². The maximum absolute atomic E-state index is 15.1.